The number of hydrogen-bond acceptors (Lipinski definition) is 5. The third-order valence-corrected chi connectivity index (χ3v) is 7.49. The van der Waals surface area contributed by atoms with Gasteiger partial charge in [-0.05, 0) is 43.0 Å². The standard InChI is InChI=1S/C21H21ClN4O5S/c1-2-21(14-6-4-3-5-7-14)19(28)26(20(29)23-21)24-18(27)13-8-11-16(22)17(12-13)32(30,31)25-15-9-10-15/h3-8,11-12,15,25H,2,9-10H2,1H3,(H,23,29)(H,24,27). The monoisotopic (exact) mass is 476 g/mol. The van der Waals surface area contributed by atoms with Crippen molar-refractivity contribution in [3.63, 3.8) is 0 Å². The maximum Gasteiger partial charge on any atom is 0.344 e. The Labute approximate surface area is 190 Å². The average molecular weight is 477 g/mol. The number of benzene rings is 2. The molecule has 1 aliphatic heterocycles. The maximum atomic E-state index is 13.1. The number of halogens is 1. The zero-order chi connectivity index (χ0) is 23.1. The second kappa shape index (κ2) is 8.19. The molecule has 32 heavy (non-hydrogen) atoms. The summed E-state index contributed by atoms with van der Waals surface area (Å²) in [5, 5.41) is 3.23. The molecule has 2 aromatic rings. The fourth-order valence-electron chi connectivity index (χ4n) is 3.54. The highest BCUT2D eigenvalue weighted by molar-refractivity contribution is 7.89. The molecule has 11 heteroatoms. The van der Waals surface area contributed by atoms with Crippen molar-refractivity contribution in [2.45, 2.75) is 42.7 Å². The molecular weight excluding hydrogens is 456 g/mol. The van der Waals surface area contributed by atoms with E-state index < -0.39 is 33.4 Å². The van der Waals surface area contributed by atoms with Crippen LogP contribution < -0.4 is 15.5 Å². The van der Waals surface area contributed by atoms with E-state index in [0.29, 0.717) is 10.6 Å². The second-order valence-corrected chi connectivity index (χ2v) is 9.77. The quantitative estimate of drug-likeness (QED) is 0.529. The molecule has 1 atom stereocenters. The fraction of sp³-hybridized carbons (Fsp3) is 0.286. The normalized spacial score (nSPS) is 20.9. The number of nitrogens with zero attached hydrogens (tertiary/aromatic N) is 1. The molecule has 2 aliphatic rings. The number of urea groups is 1. The average Bonchev–Trinajstić information content (AvgIpc) is 3.54. The first-order chi connectivity index (χ1) is 15.2. The van der Waals surface area contributed by atoms with Crippen molar-refractivity contribution in [3.8, 4) is 0 Å². The lowest BCUT2D eigenvalue weighted by molar-refractivity contribution is -0.133. The molecule has 1 saturated heterocycles. The SMILES string of the molecule is CCC1(c2ccccc2)NC(=O)N(NC(=O)c2ccc(Cl)c(S(=O)(=O)NC3CC3)c2)C1=O. The van der Waals surface area contributed by atoms with Gasteiger partial charge < -0.3 is 5.32 Å². The van der Waals surface area contributed by atoms with Crippen LogP contribution in [0.1, 0.15) is 42.1 Å². The molecule has 168 valence electrons. The molecule has 0 bridgehead atoms. The summed E-state index contributed by atoms with van der Waals surface area (Å²) in [7, 11) is -3.91. The van der Waals surface area contributed by atoms with Gasteiger partial charge in [-0.15, -0.1) is 0 Å². The number of amides is 4. The Morgan fingerprint density at radius 1 is 1.19 bits per heavy atom. The third-order valence-electron chi connectivity index (χ3n) is 5.48. The van der Waals surface area contributed by atoms with Crippen molar-refractivity contribution in [2.75, 3.05) is 0 Å². The Morgan fingerprint density at radius 2 is 1.88 bits per heavy atom. The van der Waals surface area contributed by atoms with Gasteiger partial charge >= 0.3 is 6.03 Å². The van der Waals surface area contributed by atoms with Gasteiger partial charge in [0.05, 0.1) is 5.02 Å². The summed E-state index contributed by atoms with van der Waals surface area (Å²) >= 11 is 6.05. The minimum atomic E-state index is -3.91. The van der Waals surface area contributed by atoms with Crippen molar-refractivity contribution < 1.29 is 22.8 Å². The van der Waals surface area contributed by atoms with E-state index in [1.54, 1.807) is 37.3 Å². The lowest BCUT2D eigenvalue weighted by atomic mass is 9.87. The fourth-order valence-corrected chi connectivity index (χ4v) is 5.37. The summed E-state index contributed by atoms with van der Waals surface area (Å²) in [4.78, 5) is 38.3. The van der Waals surface area contributed by atoms with Crippen molar-refractivity contribution in [2.24, 2.45) is 0 Å². The zero-order valence-corrected chi connectivity index (χ0v) is 18.7. The van der Waals surface area contributed by atoms with Crippen LogP contribution in [0.3, 0.4) is 0 Å². The highest BCUT2D eigenvalue weighted by Gasteiger charge is 2.52. The van der Waals surface area contributed by atoms with Gasteiger partial charge in [0.1, 0.15) is 10.4 Å². The molecule has 9 nitrogen and oxygen atoms in total. The number of rotatable bonds is 7. The van der Waals surface area contributed by atoms with E-state index in [1.807, 2.05) is 0 Å². The molecule has 4 rings (SSSR count). The molecule has 0 radical (unpaired) electrons. The van der Waals surface area contributed by atoms with E-state index in [1.165, 1.54) is 12.1 Å². The molecule has 1 aliphatic carbocycles. The third kappa shape index (κ3) is 3.96. The van der Waals surface area contributed by atoms with Crippen LogP contribution in [0.15, 0.2) is 53.4 Å². The van der Waals surface area contributed by atoms with Gasteiger partial charge in [-0.2, -0.15) is 5.01 Å². The largest absolute Gasteiger partial charge is 0.344 e. The van der Waals surface area contributed by atoms with E-state index in [4.69, 9.17) is 11.6 Å². The molecule has 0 spiro atoms. The van der Waals surface area contributed by atoms with E-state index in [9.17, 15) is 22.8 Å². The van der Waals surface area contributed by atoms with Crippen LogP contribution in [0, 0.1) is 0 Å². The molecule has 1 heterocycles. The number of hydrazine groups is 1. The molecule has 4 amide bonds. The first kappa shape index (κ1) is 22.3. The van der Waals surface area contributed by atoms with Crippen LogP contribution in [0.5, 0.6) is 0 Å². The minimum absolute atomic E-state index is 0.0428. The maximum absolute atomic E-state index is 13.1. The van der Waals surface area contributed by atoms with Crippen molar-refractivity contribution in [1.82, 2.24) is 20.5 Å². The van der Waals surface area contributed by atoms with Crippen molar-refractivity contribution >= 4 is 39.5 Å². The van der Waals surface area contributed by atoms with Crippen LogP contribution in [-0.2, 0) is 20.4 Å². The topological polar surface area (TPSA) is 125 Å². The molecular formula is C21H21ClN4O5S. The van der Waals surface area contributed by atoms with Crippen LogP contribution in [-0.4, -0.2) is 37.3 Å². The lowest BCUT2D eigenvalue weighted by Gasteiger charge is -2.25. The Balaban J connectivity index is 1.58. The first-order valence-electron chi connectivity index (χ1n) is 10.0. The highest BCUT2D eigenvalue weighted by atomic mass is 35.5. The van der Waals surface area contributed by atoms with Gasteiger partial charge in [-0.3, -0.25) is 15.0 Å². The van der Waals surface area contributed by atoms with Crippen LogP contribution in [0.4, 0.5) is 4.79 Å². The van der Waals surface area contributed by atoms with Crippen molar-refractivity contribution in [3.05, 3.63) is 64.7 Å². The summed E-state index contributed by atoms with van der Waals surface area (Å²) in [6, 6.07) is 11.5. The molecule has 1 unspecified atom stereocenters. The number of imide groups is 1. The van der Waals surface area contributed by atoms with E-state index in [2.05, 4.69) is 15.5 Å². The molecule has 0 aromatic heterocycles. The van der Waals surface area contributed by atoms with Gasteiger partial charge in [0.25, 0.3) is 11.8 Å². The number of carbonyl (C=O) groups excluding carboxylic acids is 3. The Bertz CT molecular complexity index is 1200. The van der Waals surface area contributed by atoms with Gasteiger partial charge in [0.2, 0.25) is 10.0 Å². The smallest absolute Gasteiger partial charge is 0.318 e. The Kier molecular flexibility index (Phi) is 5.70. The number of nitrogens with one attached hydrogen (secondary N) is 3. The van der Waals surface area contributed by atoms with Gasteiger partial charge in [0.15, 0.2) is 0 Å². The minimum Gasteiger partial charge on any atom is -0.318 e. The molecule has 2 fully saturated rings. The summed E-state index contributed by atoms with van der Waals surface area (Å²) in [6.07, 6.45) is 1.75. The summed E-state index contributed by atoms with van der Waals surface area (Å²) < 4.78 is 27.6. The molecule has 1 saturated carbocycles. The lowest BCUT2D eigenvalue weighted by Crippen LogP contribution is -2.48. The van der Waals surface area contributed by atoms with Crippen molar-refractivity contribution in [1.29, 1.82) is 0 Å². The van der Waals surface area contributed by atoms with Crippen LogP contribution >= 0.6 is 11.6 Å². The Morgan fingerprint density at radius 3 is 2.50 bits per heavy atom. The van der Waals surface area contributed by atoms with E-state index in [-0.39, 0.29) is 27.9 Å². The summed E-state index contributed by atoms with van der Waals surface area (Å²) in [5.74, 6) is -1.46. The molecule has 3 N–H and O–H groups in total. The van der Waals surface area contributed by atoms with Gasteiger partial charge in [0, 0.05) is 11.6 Å². The van der Waals surface area contributed by atoms with Gasteiger partial charge in [-0.25, -0.2) is 17.9 Å². The summed E-state index contributed by atoms with van der Waals surface area (Å²) in [5.41, 5.74) is 1.49. The van der Waals surface area contributed by atoms with Gasteiger partial charge in [-0.1, -0.05) is 48.9 Å². The zero-order valence-electron chi connectivity index (χ0n) is 17.1. The van der Waals surface area contributed by atoms with E-state index in [0.717, 1.165) is 18.9 Å². The van der Waals surface area contributed by atoms with E-state index >= 15 is 0 Å². The number of sulfonamides is 1. The Hall–Kier alpha value is -2.95. The second-order valence-electron chi connectivity index (χ2n) is 7.68. The predicted octanol–water partition coefficient (Wildman–Crippen LogP) is 2.28. The summed E-state index contributed by atoms with van der Waals surface area (Å²) in [6.45, 7) is 1.75. The number of carbonyl (C=O) groups is 3. The van der Waals surface area contributed by atoms with Crippen LogP contribution in [0.25, 0.3) is 0 Å². The first-order valence-corrected chi connectivity index (χ1v) is 11.9. The van der Waals surface area contributed by atoms with Crippen LogP contribution in [0.2, 0.25) is 5.02 Å². The highest BCUT2D eigenvalue weighted by Crippen LogP contribution is 2.32. The number of hydrogen-bond donors (Lipinski definition) is 3. The predicted molar refractivity (Wildman–Crippen MR) is 116 cm³/mol. The molecule has 2 aromatic carbocycles.